The van der Waals surface area contributed by atoms with Crippen LogP contribution in [0.3, 0.4) is 0 Å². The molecule has 142 valence electrons. The van der Waals surface area contributed by atoms with Gasteiger partial charge in [0.25, 0.3) is 5.91 Å². The molecule has 1 aromatic heterocycles. The normalized spacial score (nSPS) is 19.6. The van der Waals surface area contributed by atoms with Gasteiger partial charge in [-0.3, -0.25) is 9.59 Å². The van der Waals surface area contributed by atoms with Crippen molar-refractivity contribution in [2.24, 2.45) is 0 Å². The number of benzene rings is 1. The number of halogens is 1. The van der Waals surface area contributed by atoms with Crippen molar-refractivity contribution in [3.8, 4) is 0 Å². The Kier molecular flexibility index (Phi) is 4.45. The number of hydrogen-bond donors (Lipinski definition) is 1. The third-order valence-electron chi connectivity index (χ3n) is 5.85. The summed E-state index contributed by atoms with van der Waals surface area (Å²) in [6, 6.07) is 8.51. The molecular weight excluding hydrogens is 347 g/mol. The van der Waals surface area contributed by atoms with Gasteiger partial charge in [0.15, 0.2) is 0 Å². The minimum absolute atomic E-state index is 0.0103. The van der Waals surface area contributed by atoms with E-state index in [1.54, 1.807) is 48.5 Å². The lowest BCUT2D eigenvalue weighted by Gasteiger charge is -2.50. The van der Waals surface area contributed by atoms with Gasteiger partial charge in [0, 0.05) is 38.7 Å². The first-order chi connectivity index (χ1) is 13.0. The third-order valence-corrected chi connectivity index (χ3v) is 5.85. The van der Waals surface area contributed by atoms with Crippen molar-refractivity contribution in [1.29, 1.82) is 0 Å². The highest BCUT2D eigenvalue weighted by atomic mass is 19.1. The fourth-order valence-electron chi connectivity index (χ4n) is 4.47. The third kappa shape index (κ3) is 2.91. The summed E-state index contributed by atoms with van der Waals surface area (Å²) >= 11 is 0. The second-order valence-electron chi connectivity index (χ2n) is 7.28. The van der Waals surface area contributed by atoms with E-state index in [1.165, 1.54) is 0 Å². The Hall–Kier alpha value is -2.70. The number of nitrogens with one attached hydrogen (secondary N) is 1. The number of aromatic nitrogens is 2. The van der Waals surface area contributed by atoms with E-state index in [1.807, 2.05) is 4.90 Å². The van der Waals surface area contributed by atoms with Crippen LogP contribution in [-0.2, 0) is 21.5 Å². The lowest BCUT2D eigenvalue weighted by Crippen LogP contribution is -2.58. The number of carbonyl (C=O) groups excluding carboxylic acids is 2. The molecule has 6 nitrogen and oxygen atoms in total. The number of amides is 2. The van der Waals surface area contributed by atoms with Crippen LogP contribution < -0.4 is 0 Å². The van der Waals surface area contributed by atoms with Gasteiger partial charge in [0.2, 0.25) is 12.1 Å². The Bertz CT molecular complexity index is 843. The van der Waals surface area contributed by atoms with Crippen molar-refractivity contribution >= 4 is 11.8 Å². The number of hydrogen-bond acceptors (Lipinski definition) is 3. The van der Waals surface area contributed by atoms with Crippen molar-refractivity contribution in [1.82, 2.24) is 19.8 Å². The number of aromatic amines is 1. The molecule has 1 fully saturated rings. The van der Waals surface area contributed by atoms with E-state index in [0.717, 1.165) is 17.8 Å². The Morgan fingerprint density at radius 2 is 1.89 bits per heavy atom. The van der Waals surface area contributed by atoms with Gasteiger partial charge in [-0.1, -0.05) is 30.3 Å². The second-order valence-corrected chi connectivity index (χ2v) is 7.28. The lowest BCUT2D eigenvalue weighted by atomic mass is 9.78. The van der Waals surface area contributed by atoms with Crippen molar-refractivity contribution in [3.05, 3.63) is 53.6 Å². The smallest absolute Gasteiger partial charge is 0.261 e. The van der Waals surface area contributed by atoms with Crippen molar-refractivity contribution < 1.29 is 14.0 Å². The predicted octanol–water partition coefficient (Wildman–Crippen LogP) is 2.34. The number of fused-ring (bicyclic) bond motifs is 2. The van der Waals surface area contributed by atoms with Gasteiger partial charge >= 0.3 is 0 Å². The largest absolute Gasteiger partial charge is 0.348 e. The molecule has 3 heterocycles. The second kappa shape index (κ2) is 6.79. The monoisotopic (exact) mass is 370 g/mol. The molecule has 1 spiro atoms. The molecular formula is C20H23FN4O2. The summed E-state index contributed by atoms with van der Waals surface area (Å²) in [5, 5.41) is 0. The fourth-order valence-corrected chi connectivity index (χ4v) is 4.47. The Labute approximate surface area is 157 Å². The zero-order valence-corrected chi connectivity index (χ0v) is 15.3. The molecule has 0 radical (unpaired) electrons. The first-order valence-electron chi connectivity index (χ1n) is 9.32. The first-order valence-corrected chi connectivity index (χ1v) is 9.32. The maximum absolute atomic E-state index is 14.7. The molecule has 0 bridgehead atoms. The van der Waals surface area contributed by atoms with Crippen LogP contribution in [0.4, 0.5) is 4.39 Å². The number of imidazole rings is 1. The molecule has 0 aliphatic carbocycles. The number of piperidine rings is 1. The molecule has 2 aliphatic rings. The summed E-state index contributed by atoms with van der Waals surface area (Å²) < 4.78 is 14.7. The average Bonchev–Trinajstić information content (AvgIpc) is 3.18. The molecule has 2 amide bonds. The Balaban J connectivity index is 1.54. The summed E-state index contributed by atoms with van der Waals surface area (Å²) in [7, 11) is 0. The fraction of sp³-hybridized carbons (Fsp3) is 0.450. The Morgan fingerprint density at radius 3 is 2.56 bits per heavy atom. The summed E-state index contributed by atoms with van der Waals surface area (Å²) in [4.78, 5) is 36.0. The zero-order chi connectivity index (χ0) is 19.0. The molecule has 0 saturated carbocycles. The van der Waals surface area contributed by atoms with Crippen LogP contribution in [0.25, 0.3) is 0 Å². The highest BCUT2D eigenvalue weighted by Gasteiger charge is 2.48. The van der Waals surface area contributed by atoms with E-state index >= 15 is 0 Å². The molecule has 0 unspecified atom stereocenters. The molecule has 1 N–H and O–H groups in total. The zero-order valence-electron chi connectivity index (χ0n) is 15.3. The van der Waals surface area contributed by atoms with Crippen LogP contribution >= 0.6 is 0 Å². The van der Waals surface area contributed by atoms with E-state index in [9.17, 15) is 14.0 Å². The predicted molar refractivity (Wildman–Crippen MR) is 97.5 cm³/mol. The van der Waals surface area contributed by atoms with Crippen LogP contribution in [0.2, 0.25) is 0 Å². The molecule has 2 aliphatic heterocycles. The molecule has 7 heteroatoms. The molecule has 1 atom stereocenters. The molecule has 1 aromatic carbocycles. The van der Waals surface area contributed by atoms with Gasteiger partial charge in [0.1, 0.15) is 0 Å². The quantitative estimate of drug-likeness (QED) is 0.882. The topological polar surface area (TPSA) is 69.3 Å². The van der Waals surface area contributed by atoms with E-state index in [2.05, 4.69) is 9.97 Å². The number of nitrogens with zero attached hydrogens (tertiary/aromatic N) is 3. The first kappa shape index (κ1) is 17.7. The van der Waals surface area contributed by atoms with E-state index in [4.69, 9.17) is 0 Å². The number of rotatable bonds is 2. The van der Waals surface area contributed by atoms with Crippen LogP contribution in [0.15, 0.2) is 36.7 Å². The minimum atomic E-state index is -1.66. The number of carbonyl (C=O) groups is 2. The maximum Gasteiger partial charge on any atom is 0.261 e. The van der Waals surface area contributed by atoms with Crippen LogP contribution in [-0.4, -0.2) is 51.2 Å². The van der Waals surface area contributed by atoms with Crippen LogP contribution in [0, 0.1) is 0 Å². The molecule has 4 rings (SSSR count). The van der Waals surface area contributed by atoms with Gasteiger partial charge in [-0.15, -0.1) is 0 Å². The van der Waals surface area contributed by atoms with E-state index < -0.39 is 17.6 Å². The average molecular weight is 370 g/mol. The highest BCUT2D eigenvalue weighted by molar-refractivity contribution is 5.82. The number of alkyl halides is 1. The van der Waals surface area contributed by atoms with Gasteiger partial charge in [-0.05, 0) is 18.4 Å². The van der Waals surface area contributed by atoms with Crippen LogP contribution in [0.5, 0.6) is 0 Å². The van der Waals surface area contributed by atoms with Crippen molar-refractivity contribution in [2.45, 2.75) is 37.9 Å². The minimum Gasteiger partial charge on any atom is -0.348 e. The SMILES string of the molecule is CC(=O)N1CCc2[nH]cnc2C12CCN(C(=O)[C@@H](F)c1ccccc1)CC2. The van der Waals surface area contributed by atoms with Gasteiger partial charge in [0.05, 0.1) is 17.6 Å². The van der Waals surface area contributed by atoms with Gasteiger partial charge < -0.3 is 14.8 Å². The summed E-state index contributed by atoms with van der Waals surface area (Å²) in [5.41, 5.74) is 1.82. The highest BCUT2D eigenvalue weighted by Crippen LogP contribution is 2.42. The molecule has 1 saturated heterocycles. The number of likely N-dealkylation sites (tertiary alicyclic amines) is 1. The van der Waals surface area contributed by atoms with Gasteiger partial charge in [-0.2, -0.15) is 0 Å². The number of H-pyrrole nitrogens is 1. The summed E-state index contributed by atoms with van der Waals surface area (Å²) in [6.45, 7) is 3.02. The summed E-state index contributed by atoms with van der Waals surface area (Å²) in [5.74, 6) is -0.500. The van der Waals surface area contributed by atoms with Crippen molar-refractivity contribution in [2.75, 3.05) is 19.6 Å². The van der Waals surface area contributed by atoms with E-state index in [-0.39, 0.29) is 5.91 Å². The molecule has 2 aromatic rings. The summed E-state index contributed by atoms with van der Waals surface area (Å²) in [6.07, 6.45) is 1.90. The Morgan fingerprint density at radius 1 is 1.19 bits per heavy atom. The van der Waals surface area contributed by atoms with Crippen LogP contribution in [0.1, 0.15) is 42.9 Å². The maximum atomic E-state index is 14.7. The standard InChI is InChI=1S/C20H23FN4O2/c1-14(26)25-10-7-16-18(23-13-22-16)20(25)8-11-24(12-9-20)19(27)17(21)15-5-3-2-4-6-15/h2-6,13,17H,7-12H2,1H3,(H,22,23)/t17-/m0/s1. The molecule has 27 heavy (non-hydrogen) atoms. The van der Waals surface area contributed by atoms with Crippen molar-refractivity contribution in [3.63, 3.8) is 0 Å². The van der Waals surface area contributed by atoms with Gasteiger partial charge in [-0.25, -0.2) is 9.37 Å². The van der Waals surface area contributed by atoms with E-state index in [0.29, 0.717) is 38.0 Å². The lowest BCUT2D eigenvalue weighted by molar-refractivity contribution is -0.145.